The average Bonchev–Trinajstić information content (AvgIpc) is 2.67. The van der Waals surface area contributed by atoms with Gasteiger partial charge in [-0.1, -0.05) is 24.3 Å². The summed E-state index contributed by atoms with van der Waals surface area (Å²) in [6, 6.07) is 13.3. The zero-order valence-corrected chi connectivity index (χ0v) is 15.3. The van der Waals surface area contributed by atoms with Gasteiger partial charge < -0.3 is 24.4 Å². The summed E-state index contributed by atoms with van der Waals surface area (Å²) >= 11 is 0. The second kappa shape index (κ2) is 8.10. The highest BCUT2D eigenvalue weighted by Crippen LogP contribution is 2.26. The minimum Gasteiger partial charge on any atom is -0.497 e. The molecule has 0 fully saturated rings. The minimum atomic E-state index is -0.206. The van der Waals surface area contributed by atoms with Crippen molar-refractivity contribution in [1.82, 2.24) is 4.90 Å². The van der Waals surface area contributed by atoms with Crippen LogP contribution in [0.25, 0.3) is 0 Å². The molecule has 0 saturated carbocycles. The van der Waals surface area contributed by atoms with E-state index in [0.717, 1.165) is 6.42 Å². The number of amides is 2. The van der Waals surface area contributed by atoms with Crippen LogP contribution in [0.4, 0.5) is 10.5 Å². The number of benzene rings is 2. The standard InChI is InChI=1S/C20H24N2O4/c1-22(12-19-8-14-6-4-5-7-15(14)13-26-19)20(23)21-16-9-17(24-2)11-18(10-16)25-3/h4-7,9-11,19H,8,12-13H2,1-3H3,(H,21,23). The fourth-order valence-electron chi connectivity index (χ4n) is 3.01. The summed E-state index contributed by atoms with van der Waals surface area (Å²) in [7, 11) is 4.91. The van der Waals surface area contributed by atoms with Crippen LogP contribution in [-0.2, 0) is 17.8 Å². The average molecular weight is 356 g/mol. The highest BCUT2D eigenvalue weighted by molar-refractivity contribution is 5.89. The first-order valence-corrected chi connectivity index (χ1v) is 8.52. The topological polar surface area (TPSA) is 60.0 Å². The third-order valence-corrected chi connectivity index (χ3v) is 4.47. The van der Waals surface area contributed by atoms with Crippen LogP contribution in [0, 0.1) is 0 Å². The molecule has 1 atom stereocenters. The van der Waals surface area contributed by atoms with Crippen molar-refractivity contribution < 1.29 is 19.0 Å². The van der Waals surface area contributed by atoms with Crippen molar-refractivity contribution in [1.29, 1.82) is 0 Å². The summed E-state index contributed by atoms with van der Waals surface area (Å²) in [5.74, 6) is 1.24. The Bertz CT molecular complexity index is 756. The van der Waals surface area contributed by atoms with Gasteiger partial charge in [0.05, 0.1) is 26.9 Å². The molecule has 1 N–H and O–H groups in total. The normalized spacial score (nSPS) is 15.7. The Hall–Kier alpha value is -2.73. The van der Waals surface area contributed by atoms with Crippen molar-refractivity contribution in [3.05, 3.63) is 53.6 Å². The third-order valence-electron chi connectivity index (χ3n) is 4.47. The van der Waals surface area contributed by atoms with Crippen LogP contribution >= 0.6 is 0 Å². The van der Waals surface area contributed by atoms with Crippen LogP contribution in [0.2, 0.25) is 0 Å². The molecule has 2 amide bonds. The number of ether oxygens (including phenoxy) is 3. The van der Waals surface area contributed by atoms with Crippen molar-refractivity contribution in [2.75, 3.05) is 33.1 Å². The SMILES string of the molecule is COc1cc(NC(=O)N(C)CC2Cc3ccccc3CO2)cc(OC)c1. The summed E-state index contributed by atoms with van der Waals surface area (Å²) in [5.41, 5.74) is 3.13. The number of urea groups is 1. The number of nitrogens with zero attached hydrogens (tertiary/aromatic N) is 1. The number of nitrogens with one attached hydrogen (secondary N) is 1. The maximum Gasteiger partial charge on any atom is 0.321 e. The fraction of sp³-hybridized carbons (Fsp3) is 0.350. The third kappa shape index (κ3) is 4.26. The van der Waals surface area contributed by atoms with Gasteiger partial charge in [-0.2, -0.15) is 0 Å². The first-order chi connectivity index (χ1) is 12.6. The molecular weight excluding hydrogens is 332 g/mol. The van der Waals surface area contributed by atoms with Crippen LogP contribution in [-0.4, -0.2) is 44.8 Å². The van der Waals surface area contributed by atoms with E-state index in [1.165, 1.54) is 11.1 Å². The maximum absolute atomic E-state index is 12.5. The molecule has 1 unspecified atom stereocenters. The fourth-order valence-corrected chi connectivity index (χ4v) is 3.01. The first kappa shape index (κ1) is 18.1. The Morgan fingerprint density at radius 1 is 1.15 bits per heavy atom. The molecule has 0 radical (unpaired) electrons. The van der Waals surface area contributed by atoms with Gasteiger partial charge in [-0.15, -0.1) is 0 Å². The van der Waals surface area contributed by atoms with Gasteiger partial charge >= 0.3 is 6.03 Å². The van der Waals surface area contributed by atoms with Crippen LogP contribution in [0.3, 0.4) is 0 Å². The van der Waals surface area contributed by atoms with Gasteiger partial charge in [-0.05, 0) is 11.1 Å². The van der Waals surface area contributed by atoms with Crippen molar-refractivity contribution in [2.24, 2.45) is 0 Å². The van der Waals surface area contributed by atoms with E-state index in [-0.39, 0.29) is 12.1 Å². The van der Waals surface area contributed by atoms with Gasteiger partial charge in [-0.3, -0.25) is 0 Å². The lowest BCUT2D eigenvalue weighted by Gasteiger charge is -2.29. The smallest absolute Gasteiger partial charge is 0.321 e. The monoisotopic (exact) mass is 356 g/mol. The Morgan fingerprint density at radius 3 is 2.46 bits per heavy atom. The molecule has 6 nitrogen and oxygen atoms in total. The lowest BCUT2D eigenvalue weighted by Crippen LogP contribution is -2.40. The molecule has 0 aromatic heterocycles. The molecule has 0 saturated heterocycles. The van der Waals surface area contributed by atoms with Crippen molar-refractivity contribution in [3.8, 4) is 11.5 Å². The molecule has 6 heteroatoms. The lowest BCUT2D eigenvalue weighted by atomic mass is 9.99. The molecule has 0 spiro atoms. The minimum absolute atomic E-state index is 0.0134. The van der Waals surface area contributed by atoms with E-state index in [1.54, 1.807) is 44.4 Å². The molecule has 0 bridgehead atoms. The molecule has 26 heavy (non-hydrogen) atoms. The number of methoxy groups -OCH3 is 2. The Kier molecular flexibility index (Phi) is 5.63. The summed E-state index contributed by atoms with van der Waals surface area (Å²) < 4.78 is 16.3. The van der Waals surface area contributed by atoms with E-state index in [1.807, 2.05) is 12.1 Å². The van der Waals surface area contributed by atoms with Crippen LogP contribution in [0.5, 0.6) is 11.5 Å². The van der Waals surface area contributed by atoms with Crippen molar-refractivity contribution >= 4 is 11.7 Å². The number of rotatable bonds is 5. The molecule has 0 aliphatic carbocycles. The van der Waals surface area contributed by atoms with Gasteiger partial charge in [0.25, 0.3) is 0 Å². The lowest BCUT2D eigenvalue weighted by molar-refractivity contribution is 0.0159. The number of anilines is 1. The predicted octanol–water partition coefficient (Wildman–Crippen LogP) is 3.31. The molecule has 3 rings (SSSR count). The quantitative estimate of drug-likeness (QED) is 0.893. The Balaban J connectivity index is 1.60. The van der Waals surface area contributed by atoms with Crippen molar-refractivity contribution in [3.63, 3.8) is 0 Å². The van der Waals surface area contributed by atoms with Gasteiger partial charge in [0.1, 0.15) is 11.5 Å². The summed E-state index contributed by atoms with van der Waals surface area (Å²) in [5, 5.41) is 2.87. The van der Waals surface area contributed by atoms with E-state index in [9.17, 15) is 4.79 Å². The Labute approximate surface area is 153 Å². The van der Waals surface area contributed by atoms with Gasteiger partial charge in [0.2, 0.25) is 0 Å². The molecule has 1 heterocycles. The van der Waals surface area contributed by atoms with Crippen LogP contribution in [0.15, 0.2) is 42.5 Å². The zero-order valence-electron chi connectivity index (χ0n) is 15.3. The number of likely N-dealkylation sites (N-methyl/N-ethyl adjacent to an activating group) is 1. The highest BCUT2D eigenvalue weighted by atomic mass is 16.5. The first-order valence-electron chi connectivity index (χ1n) is 8.52. The zero-order chi connectivity index (χ0) is 18.5. The van der Waals surface area contributed by atoms with Gasteiger partial charge in [-0.25, -0.2) is 4.79 Å². The number of carbonyl (C=O) groups is 1. The summed E-state index contributed by atoms with van der Waals surface area (Å²) in [6.07, 6.45) is 0.793. The van der Waals surface area contributed by atoms with E-state index in [2.05, 4.69) is 17.4 Å². The van der Waals surface area contributed by atoms with E-state index in [0.29, 0.717) is 30.3 Å². The summed E-state index contributed by atoms with van der Waals surface area (Å²) in [4.78, 5) is 14.1. The molecule has 2 aromatic rings. The van der Waals surface area contributed by atoms with E-state index in [4.69, 9.17) is 14.2 Å². The highest BCUT2D eigenvalue weighted by Gasteiger charge is 2.22. The van der Waals surface area contributed by atoms with E-state index >= 15 is 0 Å². The molecule has 138 valence electrons. The van der Waals surface area contributed by atoms with Crippen LogP contribution < -0.4 is 14.8 Å². The van der Waals surface area contributed by atoms with E-state index < -0.39 is 0 Å². The molecular formula is C20H24N2O4. The number of hydrogen-bond acceptors (Lipinski definition) is 4. The molecule has 2 aromatic carbocycles. The van der Waals surface area contributed by atoms with Crippen molar-refractivity contribution in [2.45, 2.75) is 19.1 Å². The predicted molar refractivity (Wildman–Crippen MR) is 99.9 cm³/mol. The second-order valence-corrected chi connectivity index (χ2v) is 6.32. The summed E-state index contributed by atoms with van der Waals surface area (Å²) in [6.45, 7) is 1.10. The maximum atomic E-state index is 12.5. The Morgan fingerprint density at radius 2 is 1.81 bits per heavy atom. The largest absolute Gasteiger partial charge is 0.497 e. The number of carbonyl (C=O) groups excluding carboxylic acids is 1. The van der Waals surface area contributed by atoms with Gasteiger partial charge in [0, 0.05) is 43.9 Å². The second-order valence-electron chi connectivity index (χ2n) is 6.32. The number of hydrogen-bond donors (Lipinski definition) is 1. The molecule has 1 aliphatic rings. The molecule has 1 aliphatic heterocycles. The van der Waals surface area contributed by atoms with Gasteiger partial charge in [0.15, 0.2) is 0 Å². The number of fused-ring (bicyclic) bond motifs is 1. The van der Waals surface area contributed by atoms with Crippen LogP contribution in [0.1, 0.15) is 11.1 Å².